The van der Waals surface area contributed by atoms with E-state index in [-0.39, 0.29) is 17.4 Å². The van der Waals surface area contributed by atoms with Gasteiger partial charge in [0.05, 0.1) is 5.56 Å². The molecule has 0 spiro atoms. The average Bonchev–Trinajstić information content (AvgIpc) is 2.66. The smallest absolute Gasteiger partial charge is 0.263 e. The first kappa shape index (κ1) is 10.6. The van der Waals surface area contributed by atoms with Crippen LogP contribution in [0, 0.1) is 5.82 Å². The molecule has 0 bridgehead atoms. The maximum Gasteiger partial charge on any atom is 0.263 e. The zero-order chi connectivity index (χ0) is 11.7. The van der Waals surface area contributed by atoms with E-state index < -0.39 is 5.82 Å². The fourth-order valence-electron chi connectivity index (χ4n) is 1.34. The Morgan fingerprint density at radius 2 is 2.12 bits per heavy atom. The minimum absolute atomic E-state index is 0.124. The molecule has 0 aliphatic carbocycles. The second-order valence-corrected chi connectivity index (χ2v) is 3.82. The Bertz CT molecular complexity index is 487. The van der Waals surface area contributed by atoms with Gasteiger partial charge in [0, 0.05) is 11.6 Å². The zero-order valence-electron chi connectivity index (χ0n) is 9.07. The molecule has 2 rings (SSSR count). The highest BCUT2D eigenvalue weighted by Gasteiger charge is 2.17. The van der Waals surface area contributed by atoms with Crippen LogP contribution in [0.3, 0.4) is 0 Å². The van der Waals surface area contributed by atoms with Crippen molar-refractivity contribution >= 4 is 5.69 Å². The van der Waals surface area contributed by atoms with Gasteiger partial charge < -0.3 is 10.3 Å². The quantitative estimate of drug-likeness (QED) is 0.791. The first-order chi connectivity index (χ1) is 7.59. The Morgan fingerprint density at radius 1 is 1.38 bits per heavy atom. The Hall–Kier alpha value is -1.91. The summed E-state index contributed by atoms with van der Waals surface area (Å²) >= 11 is 0. The molecule has 0 saturated heterocycles. The molecule has 0 atom stereocenters. The van der Waals surface area contributed by atoms with Crippen molar-refractivity contribution in [2.75, 3.05) is 5.73 Å². The van der Waals surface area contributed by atoms with E-state index in [0.29, 0.717) is 11.5 Å². The van der Waals surface area contributed by atoms with Gasteiger partial charge in [-0.2, -0.15) is 4.98 Å². The number of nitrogens with two attached hydrogens (primary N) is 1. The lowest BCUT2D eigenvalue weighted by Gasteiger charge is -2.00. The van der Waals surface area contributed by atoms with Gasteiger partial charge >= 0.3 is 0 Å². The van der Waals surface area contributed by atoms with Crippen LogP contribution in [0.4, 0.5) is 10.1 Å². The highest BCUT2D eigenvalue weighted by atomic mass is 19.1. The SMILES string of the molecule is CC(C)c1noc(-c2c(N)cccc2F)n1. The molecule has 4 nitrogen and oxygen atoms in total. The van der Waals surface area contributed by atoms with Crippen LogP contribution in [0.25, 0.3) is 11.5 Å². The zero-order valence-corrected chi connectivity index (χ0v) is 9.07. The summed E-state index contributed by atoms with van der Waals surface area (Å²) in [4.78, 5) is 4.10. The van der Waals surface area contributed by atoms with Gasteiger partial charge in [0.1, 0.15) is 5.82 Å². The second kappa shape index (κ2) is 3.92. The van der Waals surface area contributed by atoms with Crippen molar-refractivity contribution in [1.29, 1.82) is 0 Å². The fourth-order valence-corrected chi connectivity index (χ4v) is 1.34. The summed E-state index contributed by atoms with van der Waals surface area (Å²) in [6.45, 7) is 3.86. The van der Waals surface area contributed by atoms with Crippen LogP contribution in [0.2, 0.25) is 0 Å². The van der Waals surface area contributed by atoms with E-state index in [2.05, 4.69) is 10.1 Å². The van der Waals surface area contributed by atoms with Crippen molar-refractivity contribution in [3.05, 3.63) is 29.8 Å². The van der Waals surface area contributed by atoms with Crippen LogP contribution >= 0.6 is 0 Å². The van der Waals surface area contributed by atoms with Gasteiger partial charge in [-0.25, -0.2) is 4.39 Å². The lowest BCUT2D eigenvalue weighted by Crippen LogP contribution is -1.94. The molecule has 1 heterocycles. The number of nitrogens with zero attached hydrogens (tertiary/aromatic N) is 2. The van der Waals surface area contributed by atoms with Gasteiger partial charge in [0.25, 0.3) is 5.89 Å². The van der Waals surface area contributed by atoms with E-state index in [1.807, 2.05) is 13.8 Å². The molecule has 5 heteroatoms. The molecule has 0 amide bonds. The first-order valence-corrected chi connectivity index (χ1v) is 4.97. The van der Waals surface area contributed by atoms with Crippen molar-refractivity contribution in [3.8, 4) is 11.5 Å². The lowest BCUT2D eigenvalue weighted by molar-refractivity contribution is 0.417. The van der Waals surface area contributed by atoms with Crippen LogP contribution in [-0.4, -0.2) is 10.1 Å². The predicted molar refractivity (Wildman–Crippen MR) is 58.2 cm³/mol. The number of hydrogen-bond acceptors (Lipinski definition) is 4. The van der Waals surface area contributed by atoms with Crippen LogP contribution in [0.15, 0.2) is 22.7 Å². The monoisotopic (exact) mass is 221 g/mol. The van der Waals surface area contributed by atoms with Gasteiger partial charge in [0.2, 0.25) is 0 Å². The molecular formula is C11H12FN3O. The highest BCUT2D eigenvalue weighted by molar-refractivity contribution is 5.70. The number of halogens is 1. The molecule has 1 aromatic carbocycles. The first-order valence-electron chi connectivity index (χ1n) is 4.97. The van der Waals surface area contributed by atoms with Gasteiger partial charge in [-0.1, -0.05) is 25.1 Å². The molecule has 1 aromatic heterocycles. The molecule has 2 aromatic rings. The van der Waals surface area contributed by atoms with Gasteiger partial charge in [0.15, 0.2) is 5.82 Å². The maximum atomic E-state index is 13.5. The van der Waals surface area contributed by atoms with Crippen LogP contribution in [0.1, 0.15) is 25.6 Å². The van der Waals surface area contributed by atoms with E-state index in [1.165, 1.54) is 12.1 Å². The van der Waals surface area contributed by atoms with Crippen molar-refractivity contribution in [2.45, 2.75) is 19.8 Å². The third-order valence-corrected chi connectivity index (χ3v) is 2.22. The Kier molecular flexibility index (Phi) is 2.60. The molecule has 0 aliphatic heterocycles. The van der Waals surface area contributed by atoms with Gasteiger partial charge in [-0.05, 0) is 12.1 Å². The predicted octanol–water partition coefficient (Wildman–Crippen LogP) is 2.58. The van der Waals surface area contributed by atoms with Crippen molar-refractivity contribution < 1.29 is 8.91 Å². The minimum Gasteiger partial charge on any atom is -0.398 e. The molecule has 16 heavy (non-hydrogen) atoms. The summed E-state index contributed by atoms with van der Waals surface area (Å²) in [6.07, 6.45) is 0. The van der Waals surface area contributed by atoms with Crippen LogP contribution < -0.4 is 5.73 Å². The average molecular weight is 221 g/mol. The van der Waals surface area contributed by atoms with E-state index in [9.17, 15) is 4.39 Å². The number of aromatic nitrogens is 2. The molecule has 0 saturated carbocycles. The van der Waals surface area contributed by atoms with E-state index >= 15 is 0 Å². The summed E-state index contributed by atoms with van der Waals surface area (Å²) in [5.74, 6) is 0.335. The lowest BCUT2D eigenvalue weighted by atomic mass is 10.1. The molecule has 0 aliphatic rings. The third-order valence-electron chi connectivity index (χ3n) is 2.22. The topological polar surface area (TPSA) is 64.9 Å². The summed E-state index contributed by atoms with van der Waals surface area (Å²) < 4.78 is 18.5. The molecule has 2 N–H and O–H groups in total. The summed E-state index contributed by atoms with van der Waals surface area (Å²) in [7, 11) is 0. The van der Waals surface area contributed by atoms with Crippen molar-refractivity contribution in [3.63, 3.8) is 0 Å². The number of hydrogen-bond donors (Lipinski definition) is 1. The van der Waals surface area contributed by atoms with E-state index in [4.69, 9.17) is 10.3 Å². The molecule has 84 valence electrons. The standard InChI is InChI=1S/C11H12FN3O/c1-6(2)10-14-11(16-15-10)9-7(12)4-3-5-8(9)13/h3-6H,13H2,1-2H3. The van der Waals surface area contributed by atoms with Crippen molar-refractivity contribution in [1.82, 2.24) is 10.1 Å². The molecule has 0 unspecified atom stereocenters. The molecule has 0 radical (unpaired) electrons. The van der Waals surface area contributed by atoms with E-state index in [1.54, 1.807) is 6.07 Å². The Balaban J connectivity index is 2.50. The number of anilines is 1. The summed E-state index contributed by atoms with van der Waals surface area (Å²) in [5, 5.41) is 3.77. The normalized spacial score (nSPS) is 11.0. The van der Waals surface area contributed by atoms with Crippen molar-refractivity contribution in [2.24, 2.45) is 0 Å². The summed E-state index contributed by atoms with van der Waals surface area (Å²) in [5.41, 5.74) is 6.13. The number of nitrogen functional groups attached to an aromatic ring is 1. The third kappa shape index (κ3) is 1.76. The Labute approximate surface area is 92.3 Å². The Morgan fingerprint density at radius 3 is 2.69 bits per heavy atom. The molecular weight excluding hydrogens is 209 g/mol. The van der Waals surface area contributed by atoms with Gasteiger partial charge in [-0.3, -0.25) is 0 Å². The van der Waals surface area contributed by atoms with E-state index in [0.717, 1.165) is 0 Å². The van der Waals surface area contributed by atoms with Gasteiger partial charge in [-0.15, -0.1) is 0 Å². The highest BCUT2D eigenvalue weighted by Crippen LogP contribution is 2.28. The summed E-state index contributed by atoms with van der Waals surface area (Å²) in [6, 6.07) is 4.44. The van der Waals surface area contributed by atoms with Crippen LogP contribution in [0.5, 0.6) is 0 Å². The number of rotatable bonds is 2. The molecule has 0 fully saturated rings. The largest absolute Gasteiger partial charge is 0.398 e. The maximum absolute atomic E-state index is 13.5. The minimum atomic E-state index is -0.459. The van der Waals surface area contributed by atoms with Crippen LogP contribution in [-0.2, 0) is 0 Å². The second-order valence-electron chi connectivity index (χ2n) is 3.82. The number of benzene rings is 1. The fraction of sp³-hybridized carbons (Fsp3) is 0.273.